The average molecular weight is 353 g/mol. The van der Waals surface area contributed by atoms with Gasteiger partial charge in [-0.3, -0.25) is 0 Å². The molecule has 2 nitrogen and oxygen atoms in total. The molecule has 21 heavy (non-hydrogen) atoms. The van der Waals surface area contributed by atoms with Crippen LogP contribution in [0.25, 0.3) is 0 Å². The summed E-state index contributed by atoms with van der Waals surface area (Å²) in [6.07, 6.45) is 2.47. The minimum Gasteiger partial charge on any atom is -0.371 e. The molecule has 0 bridgehead atoms. The van der Waals surface area contributed by atoms with Gasteiger partial charge in [0.2, 0.25) is 0 Å². The number of hydrogen-bond acceptors (Lipinski definition) is 2. The van der Waals surface area contributed by atoms with Crippen LogP contribution in [0.15, 0.2) is 22.7 Å². The van der Waals surface area contributed by atoms with Crippen LogP contribution >= 0.6 is 15.9 Å². The Labute approximate surface area is 138 Å². The number of rotatable bonds is 5. The van der Waals surface area contributed by atoms with Gasteiger partial charge in [-0.2, -0.15) is 0 Å². The molecule has 0 aliphatic carbocycles. The van der Waals surface area contributed by atoms with Crippen molar-refractivity contribution in [3.05, 3.63) is 28.2 Å². The predicted octanol–water partition coefficient (Wildman–Crippen LogP) is 4.99. The van der Waals surface area contributed by atoms with Gasteiger partial charge in [-0.25, -0.2) is 0 Å². The normalized spacial score (nSPS) is 24.1. The molecule has 118 valence electrons. The van der Waals surface area contributed by atoms with E-state index >= 15 is 0 Å². The van der Waals surface area contributed by atoms with Crippen LogP contribution in [0.2, 0.25) is 0 Å². The predicted molar refractivity (Wildman–Crippen MR) is 96.0 cm³/mol. The molecule has 0 saturated carbocycles. The van der Waals surface area contributed by atoms with E-state index in [1.807, 2.05) is 0 Å². The lowest BCUT2D eigenvalue weighted by Gasteiger charge is -2.38. The fourth-order valence-electron chi connectivity index (χ4n) is 3.11. The van der Waals surface area contributed by atoms with Crippen molar-refractivity contribution >= 4 is 21.6 Å². The number of halogens is 1. The van der Waals surface area contributed by atoms with Crippen LogP contribution in [0.3, 0.4) is 0 Å². The Morgan fingerprint density at radius 1 is 1.33 bits per heavy atom. The zero-order valence-electron chi connectivity index (χ0n) is 13.8. The highest BCUT2D eigenvalue weighted by Crippen LogP contribution is 2.33. The molecule has 1 aromatic rings. The number of nitrogens with one attached hydrogen (secondary N) is 1. The van der Waals surface area contributed by atoms with Gasteiger partial charge >= 0.3 is 0 Å². The van der Waals surface area contributed by atoms with Crippen molar-refractivity contribution in [3.8, 4) is 0 Å². The van der Waals surface area contributed by atoms with E-state index in [9.17, 15) is 0 Å². The molecular weight excluding hydrogens is 324 g/mol. The molecular formula is C18H29BrN2. The first-order valence-electron chi connectivity index (χ1n) is 8.30. The Morgan fingerprint density at radius 3 is 2.76 bits per heavy atom. The first-order valence-corrected chi connectivity index (χ1v) is 9.10. The molecule has 1 aliphatic heterocycles. The quantitative estimate of drug-likeness (QED) is 0.802. The van der Waals surface area contributed by atoms with E-state index in [0.717, 1.165) is 18.4 Å². The number of hydrogen-bond donors (Lipinski definition) is 1. The van der Waals surface area contributed by atoms with E-state index in [0.29, 0.717) is 6.04 Å². The third kappa shape index (κ3) is 4.23. The highest BCUT2D eigenvalue weighted by atomic mass is 79.9. The highest BCUT2D eigenvalue weighted by molar-refractivity contribution is 9.10. The summed E-state index contributed by atoms with van der Waals surface area (Å²) >= 11 is 3.63. The lowest BCUT2D eigenvalue weighted by atomic mass is 9.88. The fourth-order valence-corrected chi connectivity index (χ4v) is 3.49. The first-order chi connectivity index (χ1) is 10.0. The maximum atomic E-state index is 3.63. The molecule has 1 aliphatic rings. The van der Waals surface area contributed by atoms with Crippen molar-refractivity contribution in [2.24, 2.45) is 11.8 Å². The molecule has 1 saturated heterocycles. The monoisotopic (exact) mass is 352 g/mol. The summed E-state index contributed by atoms with van der Waals surface area (Å²) in [7, 11) is 0. The maximum absolute atomic E-state index is 3.63. The van der Waals surface area contributed by atoms with E-state index in [1.165, 1.54) is 41.7 Å². The van der Waals surface area contributed by atoms with Crippen LogP contribution in [0.1, 0.15) is 52.1 Å². The Bertz CT molecular complexity index is 461. The van der Waals surface area contributed by atoms with Crippen LogP contribution in [0, 0.1) is 11.8 Å². The third-order valence-corrected chi connectivity index (χ3v) is 5.32. The van der Waals surface area contributed by atoms with Crippen molar-refractivity contribution in [3.63, 3.8) is 0 Å². The van der Waals surface area contributed by atoms with Gasteiger partial charge < -0.3 is 10.2 Å². The molecule has 0 spiro atoms. The summed E-state index contributed by atoms with van der Waals surface area (Å²) in [5.41, 5.74) is 2.83. The summed E-state index contributed by atoms with van der Waals surface area (Å²) in [4.78, 5) is 2.58. The molecule has 1 N–H and O–H groups in total. The summed E-state index contributed by atoms with van der Waals surface area (Å²) in [5, 5.41) is 3.63. The van der Waals surface area contributed by atoms with Gasteiger partial charge in [0, 0.05) is 29.3 Å². The molecule has 1 fully saturated rings. The van der Waals surface area contributed by atoms with Gasteiger partial charge in [0.1, 0.15) is 0 Å². The number of benzene rings is 1. The summed E-state index contributed by atoms with van der Waals surface area (Å²) in [5.74, 6) is 1.62. The van der Waals surface area contributed by atoms with Gasteiger partial charge in [0.15, 0.2) is 0 Å². The third-order valence-electron chi connectivity index (χ3n) is 4.83. The second kappa shape index (κ2) is 7.64. The standard InChI is InChI=1S/C18H29BrN2/c1-5-9-20-15(4)17-11-16(19)6-7-18(17)21-10-8-13(2)14(3)12-21/h6-7,11,13-15,20H,5,8-10,12H2,1-4H3. The van der Waals surface area contributed by atoms with Gasteiger partial charge in [-0.1, -0.05) is 36.7 Å². The van der Waals surface area contributed by atoms with E-state index in [1.54, 1.807) is 0 Å². The molecule has 3 atom stereocenters. The number of piperidine rings is 1. The van der Waals surface area contributed by atoms with Gasteiger partial charge in [0.05, 0.1) is 0 Å². The largest absolute Gasteiger partial charge is 0.371 e. The van der Waals surface area contributed by atoms with Crippen molar-refractivity contribution in [2.75, 3.05) is 24.5 Å². The van der Waals surface area contributed by atoms with E-state index < -0.39 is 0 Å². The fraction of sp³-hybridized carbons (Fsp3) is 0.667. The molecule has 0 amide bonds. The summed E-state index contributed by atoms with van der Waals surface area (Å²) < 4.78 is 1.17. The lowest BCUT2D eigenvalue weighted by Crippen LogP contribution is -2.39. The van der Waals surface area contributed by atoms with Crippen LogP contribution in [0.4, 0.5) is 5.69 Å². The molecule has 0 aromatic heterocycles. The molecule has 3 unspecified atom stereocenters. The van der Waals surface area contributed by atoms with Crippen molar-refractivity contribution in [1.29, 1.82) is 0 Å². The van der Waals surface area contributed by atoms with Gasteiger partial charge in [0.25, 0.3) is 0 Å². The topological polar surface area (TPSA) is 15.3 Å². The molecule has 2 rings (SSSR count). The van der Waals surface area contributed by atoms with Crippen LogP contribution < -0.4 is 10.2 Å². The highest BCUT2D eigenvalue weighted by Gasteiger charge is 2.25. The van der Waals surface area contributed by atoms with Crippen molar-refractivity contribution < 1.29 is 0 Å². The molecule has 3 heteroatoms. The molecule has 1 heterocycles. The smallest absolute Gasteiger partial charge is 0.0415 e. The Morgan fingerprint density at radius 2 is 2.10 bits per heavy atom. The number of nitrogens with zero attached hydrogens (tertiary/aromatic N) is 1. The van der Waals surface area contributed by atoms with Gasteiger partial charge in [-0.05, 0) is 61.9 Å². The Hall–Kier alpha value is -0.540. The Kier molecular flexibility index (Phi) is 6.12. The van der Waals surface area contributed by atoms with Crippen molar-refractivity contribution in [1.82, 2.24) is 5.32 Å². The van der Waals surface area contributed by atoms with Crippen LogP contribution in [-0.2, 0) is 0 Å². The van der Waals surface area contributed by atoms with Crippen LogP contribution in [0.5, 0.6) is 0 Å². The second-order valence-corrected chi connectivity index (χ2v) is 7.48. The maximum Gasteiger partial charge on any atom is 0.0415 e. The second-order valence-electron chi connectivity index (χ2n) is 6.57. The van der Waals surface area contributed by atoms with E-state index in [-0.39, 0.29) is 0 Å². The zero-order valence-corrected chi connectivity index (χ0v) is 15.4. The summed E-state index contributed by atoms with van der Waals surface area (Å²) in [6, 6.07) is 7.14. The van der Waals surface area contributed by atoms with Crippen LogP contribution in [-0.4, -0.2) is 19.6 Å². The minimum absolute atomic E-state index is 0.395. The summed E-state index contributed by atoms with van der Waals surface area (Å²) in [6.45, 7) is 12.7. The lowest BCUT2D eigenvalue weighted by molar-refractivity contribution is 0.323. The minimum atomic E-state index is 0.395. The Balaban J connectivity index is 2.22. The van der Waals surface area contributed by atoms with Gasteiger partial charge in [-0.15, -0.1) is 0 Å². The van der Waals surface area contributed by atoms with E-state index in [2.05, 4.69) is 72.0 Å². The zero-order chi connectivity index (χ0) is 15.4. The SMILES string of the molecule is CCCNC(C)c1cc(Br)ccc1N1CCC(C)C(C)C1. The van der Waals surface area contributed by atoms with Crippen molar-refractivity contribution in [2.45, 2.75) is 46.6 Å². The average Bonchev–Trinajstić information content (AvgIpc) is 2.47. The molecule has 1 aromatic carbocycles. The number of anilines is 1. The molecule has 0 radical (unpaired) electrons. The van der Waals surface area contributed by atoms with E-state index in [4.69, 9.17) is 0 Å². The first kappa shape index (κ1) is 16.8.